The van der Waals surface area contributed by atoms with E-state index in [1.54, 1.807) is 0 Å². The van der Waals surface area contributed by atoms with Crippen molar-refractivity contribution in [3.05, 3.63) is 55.0 Å². The van der Waals surface area contributed by atoms with Gasteiger partial charge in [0.1, 0.15) is 0 Å². The molecule has 0 fully saturated rings. The van der Waals surface area contributed by atoms with E-state index in [0.29, 0.717) is 26.1 Å². The van der Waals surface area contributed by atoms with Gasteiger partial charge in [-0.1, -0.05) is 0 Å². The maximum absolute atomic E-state index is 5.95. The molecule has 4 heteroatoms. The van der Waals surface area contributed by atoms with E-state index in [1.165, 1.54) is 30.2 Å². The minimum Gasteiger partial charge on any atom is 0 e. The van der Waals surface area contributed by atoms with Crippen molar-refractivity contribution in [2.75, 3.05) is 0 Å². The second-order valence-electron chi connectivity index (χ2n) is 5.50. The summed E-state index contributed by atoms with van der Waals surface area (Å²) in [6.45, 7) is 10.2. The Hall–Kier alpha value is 0.395. The molecule has 1 nitrogen and oxygen atoms in total. The Bertz CT molecular complexity index is 594. The summed E-state index contributed by atoms with van der Waals surface area (Å²) >= 11 is 1.79. The summed E-state index contributed by atoms with van der Waals surface area (Å²) in [7, 11) is 0. The Morgan fingerprint density at radius 3 is 2.29 bits per heavy atom. The van der Waals surface area contributed by atoms with Crippen LogP contribution in [-0.4, -0.2) is 5.60 Å². The van der Waals surface area contributed by atoms with Crippen molar-refractivity contribution in [2.24, 2.45) is 0 Å². The Kier molecular flexibility index (Phi) is 7.69. The van der Waals surface area contributed by atoms with Gasteiger partial charge in [-0.25, -0.2) is 0 Å². The first-order chi connectivity index (χ1) is 9.37. The number of ether oxygens (including phenoxy) is 1. The van der Waals surface area contributed by atoms with Crippen LogP contribution in [0.2, 0.25) is 0 Å². The maximum Gasteiger partial charge on any atom is 0 e. The third-order valence-electron chi connectivity index (χ3n) is 2.92. The molecule has 0 heterocycles. The molecule has 0 radical (unpaired) electrons. The van der Waals surface area contributed by atoms with Gasteiger partial charge in [0.05, 0.1) is 0 Å². The van der Waals surface area contributed by atoms with Crippen molar-refractivity contribution >= 4 is 14.8 Å². The fourth-order valence-corrected chi connectivity index (χ4v) is 4.98. The van der Waals surface area contributed by atoms with Crippen LogP contribution in [-0.2, 0) is 63.7 Å². The standard InChI is InChI=1S/C17H18OS.Hf.Hg/c1-13-12-14(18-17(2,3)4)10-11-16(13)19-15-8-6-5-7-9-15;;/h5-11H,2H2,1,3-4H3;;/q-1;;/p+1. The van der Waals surface area contributed by atoms with Gasteiger partial charge in [-0.05, 0) is 0 Å². The van der Waals surface area contributed by atoms with Crippen LogP contribution in [0.25, 0.3) is 0 Å². The normalized spacial score (nSPS) is 11.0. The first kappa shape index (κ1) is 19.4. The number of hydrogen-bond acceptors (Lipinski definition) is 1. The van der Waals surface area contributed by atoms with Gasteiger partial charge in [0.25, 0.3) is 0 Å². The van der Waals surface area contributed by atoms with Crippen molar-refractivity contribution in [1.82, 2.24) is 0 Å². The summed E-state index contributed by atoms with van der Waals surface area (Å²) in [6, 6.07) is 14.9. The second kappa shape index (κ2) is 8.30. The van der Waals surface area contributed by atoms with E-state index in [4.69, 9.17) is 4.74 Å². The van der Waals surface area contributed by atoms with E-state index in [0.717, 1.165) is 5.75 Å². The van der Waals surface area contributed by atoms with Crippen LogP contribution in [0, 0.1) is 13.8 Å². The van der Waals surface area contributed by atoms with E-state index in [9.17, 15) is 0 Å². The van der Waals surface area contributed by atoms with E-state index in [2.05, 4.69) is 56.3 Å². The summed E-state index contributed by atoms with van der Waals surface area (Å²) in [4.78, 5) is 2.70. The first-order valence-corrected chi connectivity index (χ1v) is 10.3. The van der Waals surface area contributed by atoms with Gasteiger partial charge in [0.2, 0.25) is 0 Å². The molecule has 0 aliphatic rings. The van der Waals surface area contributed by atoms with Crippen LogP contribution in [0.5, 0.6) is 5.75 Å². The zero-order valence-corrected chi connectivity index (χ0v) is 22.8. The zero-order chi connectivity index (χ0) is 14.8. The molecule has 0 amide bonds. The van der Waals surface area contributed by atoms with Crippen LogP contribution in [0.3, 0.4) is 0 Å². The van der Waals surface area contributed by atoms with Crippen LogP contribution in [0.4, 0.5) is 0 Å². The van der Waals surface area contributed by atoms with E-state index in [-0.39, 0.29) is 31.4 Å². The molecule has 0 aliphatic heterocycles. The molecule has 0 spiro atoms. The molecule has 2 aromatic rings. The van der Waals surface area contributed by atoms with E-state index in [1.807, 2.05) is 13.8 Å². The fraction of sp³-hybridized carbons (Fsp3) is 0.235. The molecule has 0 unspecified atom stereocenters. The molecule has 0 aromatic heterocycles. The van der Waals surface area contributed by atoms with Crippen molar-refractivity contribution in [2.45, 2.75) is 36.2 Å². The summed E-state index contributed by atoms with van der Waals surface area (Å²) in [5, 5.41) is 0. The molecule has 0 saturated carbocycles. The quantitative estimate of drug-likeness (QED) is 0.214. The van der Waals surface area contributed by atoms with Crippen LogP contribution in [0.15, 0.2) is 52.3 Å². The van der Waals surface area contributed by atoms with Gasteiger partial charge in [-0.3, -0.25) is 0 Å². The summed E-state index contributed by atoms with van der Waals surface area (Å²) in [6.07, 6.45) is 0. The molecule has 2 aromatic carbocycles. The Morgan fingerprint density at radius 2 is 1.71 bits per heavy atom. The third-order valence-corrected chi connectivity index (χ3v) is 7.62. The molecular weight excluding hydrogens is 631 g/mol. The third kappa shape index (κ3) is 5.83. The van der Waals surface area contributed by atoms with Crippen LogP contribution < -0.4 is 7.81 Å². The van der Waals surface area contributed by atoms with Crippen molar-refractivity contribution in [3.63, 3.8) is 0 Å². The first-order valence-electron chi connectivity index (χ1n) is 6.63. The maximum atomic E-state index is 5.95. The second-order valence-corrected chi connectivity index (χ2v) is 9.47. The predicted octanol–water partition coefficient (Wildman–Crippen LogP) is 3.39. The summed E-state index contributed by atoms with van der Waals surface area (Å²) < 4.78 is 7.34. The van der Waals surface area contributed by atoms with Gasteiger partial charge in [0.15, 0.2) is 0 Å². The topological polar surface area (TPSA) is 9.23 Å². The largest absolute Gasteiger partial charge is 0 e. The summed E-state index contributed by atoms with van der Waals surface area (Å²) in [5.41, 5.74) is 1.000. The predicted molar refractivity (Wildman–Crippen MR) is 82.6 cm³/mol. The van der Waals surface area contributed by atoms with Crippen LogP contribution >= 0.6 is 0 Å². The smallest absolute Gasteiger partial charge is 0 e. The number of benzene rings is 2. The van der Waals surface area contributed by atoms with Crippen molar-refractivity contribution in [3.8, 4) is 5.75 Å². The molecular formula is C17H19HfHgOS. The molecule has 0 bridgehead atoms. The van der Waals surface area contributed by atoms with Crippen LogP contribution in [0.1, 0.15) is 19.4 Å². The van der Waals surface area contributed by atoms with Gasteiger partial charge >= 0.3 is 143 Å². The average Bonchev–Trinajstić information content (AvgIpc) is 2.38. The monoisotopic (exact) mass is 653 g/mol. The van der Waals surface area contributed by atoms with E-state index < -0.39 is 0 Å². The van der Waals surface area contributed by atoms with Gasteiger partial charge in [-0.2, -0.15) is 0 Å². The minimum atomic E-state index is -0.376. The average molecular weight is 650 g/mol. The Labute approximate surface area is 167 Å². The molecule has 0 atom stereocenters. The van der Waals surface area contributed by atoms with Crippen molar-refractivity contribution in [1.29, 1.82) is 0 Å². The van der Waals surface area contributed by atoms with Crippen molar-refractivity contribution < 1.29 is 56.7 Å². The molecule has 0 N–H and O–H groups in total. The number of rotatable bonds is 4. The molecule has 0 aliphatic carbocycles. The number of hydrogen-bond donors (Lipinski definition) is 0. The van der Waals surface area contributed by atoms with Gasteiger partial charge in [0, 0.05) is 25.8 Å². The van der Waals surface area contributed by atoms with Gasteiger partial charge < -0.3 is 0 Å². The number of thiol groups is 1. The Balaban J connectivity index is 0.00000220. The molecule has 0 saturated heterocycles. The van der Waals surface area contributed by atoms with Gasteiger partial charge in [-0.15, -0.1) is 0 Å². The Morgan fingerprint density at radius 1 is 1.10 bits per heavy atom. The minimum absolute atomic E-state index is 0. The SMILES string of the molecule is [CH2-]C(C)(C)Oc1ccc([SH+]c2ccccc2)c(C)[c]1[Hg].[Hf]. The zero-order valence-electron chi connectivity index (χ0n) is 12.8. The molecule has 105 valence electrons. The van der Waals surface area contributed by atoms with E-state index >= 15 is 0 Å². The fourth-order valence-electron chi connectivity index (χ4n) is 1.88. The summed E-state index contributed by atoms with van der Waals surface area (Å²) in [5.74, 6) is 1.01. The molecule has 2 rings (SSSR count). The molecule has 21 heavy (non-hydrogen) atoms.